The molecule has 5 heteroatoms. The van der Waals surface area contributed by atoms with E-state index >= 15 is 0 Å². The van der Waals surface area contributed by atoms with Crippen molar-refractivity contribution in [2.24, 2.45) is 5.92 Å². The molecule has 0 aliphatic heterocycles. The molecule has 0 aliphatic carbocycles. The molecule has 14 heavy (non-hydrogen) atoms. The van der Waals surface area contributed by atoms with E-state index in [1.165, 1.54) is 26.0 Å². The first-order valence-corrected chi connectivity index (χ1v) is 5.35. The van der Waals surface area contributed by atoms with Gasteiger partial charge in [-0.25, -0.2) is 0 Å². The van der Waals surface area contributed by atoms with E-state index in [2.05, 4.69) is 9.47 Å². The van der Waals surface area contributed by atoms with Gasteiger partial charge < -0.3 is 9.47 Å². The summed E-state index contributed by atoms with van der Waals surface area (Å²) in [5.74, 6) is -0.165. The van der Waals surface area contributed by atoms with Crippen LogP contribution in [0.3, 0.4) is 0 Å². The summed E-state index contributed by atoms with van der Waals surface area (Å²) in [6, 6.07) is 0. The van der Waals surface area contributed by atoms with Crippen LogP contribution in [-0.4, -0.2) is 37.2 Å². The number of carbonyl (C=O) groups is 2. The fourth-order valence-corrected chi connectivity index (χ4v) is 1.74. The Morgan fingerprint density at radius 1 is 1.14 bits per heavy atom. The lowest BCUT2D eigenvalue weighted by Crippen LogP contribution is -2.20. The Bertz CT molecular complexity index is 183. The van der Waals surface area contributed by atoms with Gasteiger partial charge in [0.25, 0.3) is 0 Å². The van der Waals surface area contributed by atoms with Crippen molar-refractivity contribution in [3.8, 4) is 0 Å². The highest BCUT2D eigenvalue weighted by molar-refractivity contribution is 8.00. The van der Waals surface area contributed by atoms with Crippen LogP contribution >= 0.6 is 11.8 Å². The molecule has 0 spiro atoms. The zero-order valence-electron chi connectivity index (χ0n) is 8.90. The van der Waals surface area contributed by atoms with Crippen LogP contribution in [0.25, 0.3) is 0 Å². The molecule has 0 bridgehead atoms. The summed E-state index contributed by atoms with van der Waals surface area (Å²) in [6.07, 6.45) is 0. The summed E-state index contributed by atoms with van der Waals surface area (Å²) in [4.78, 5) is 22.0. The van der Waals surface area contributed by atoms with Crippen molar-refractivity contribution in [1.82, 2.24) is 0 Å². The van der Waals surface area contributed by atoms with Crippen molar-refractivity contribution < 1.29 is 19.1 Å². The number of esters is 2. The van der Waals surface area contributed by atoms with Crippen LogP contribution in [0.5, 0.6) is 0 Å². The minimum atomic E-state index is -0.271. The lowest BCUT2D eigenvalue weighted by molar-refractivity contribution is -0.144. The first-order chi connectivity index (χ1) is 6.52. The maximum atomic E-state index is 11.0. The molecule has 0 heterocycles. The van der Waals surface area contributed by atoms with Gasteiger partial charge in [0.1, 0.15) is 0 Å². The Morgan fingerprint density at radius 3 is 2.07 bits per heavy atom. The van der Waals surface area contributed by atoms with Crippen LogP contribution in [0.15, 0.2) is 0 Å². The van der Waals surface area contributed by atoms with Crippen LogP contribution < -0.4 is 0 Å². The fraction of sp³-hybridized carbons (Fsp3) is 0.778. The summed E-state index contributed by atoms with van der Waals surface area (Å²) in [7, 11) is 2.70. The lowest BCUT2D eigenvalue weighted by atomic mass is 10.2. The van der Waals surface area contributed by atoms with Gasteiger partial charge in [-0.3, -0.25) is 9.59 Å². The van der Waals surface area contributed by atoms with Crippen LogP contribution in [0.4, 0.5) is 0 Å². The second kappa shape index (κ2) is 6.70. The van der Waals surface area contributed by atoms with Gasteiger partial charge in [0, 0.05) is 5.75 Å². The average Bonchev–Trinajstić information content (AvgIpc) is 2.22. The molecular weight excluding hydrogens is 204 g/mol. The van der Waals surface area contributed by atoms with Gasteiger partial charge in [-0.2, -0.15) is 0 Å². The van der Waals surface area contributed by atoms with E-state index in [9.17, 15) is 9.59 Å². The monoisotopic (exact) mass is 220 g/mol. The van der Waals surface area contributed by atoms with Gasteiger partial charge in [0.2, 0.25) is 0 Å². The van der Waals surface area contributed by atoms with Crippen molar-refractivity contribution in [3.63, 3.8) is 0 Å². The normalized spacial score (nSPS) is 14.3. The zero-order valence-corrected chi connectivity index (χ0v) is 9.72. The summed E-state index contributed by atoms with van der Waals surface area (Å²) in [5, 5.41) is -0.243. The standard InChI is InChI=1S/C9H16O4S/c1-6(8(10)12-3)5-14-7(2)9(11)13-4/h6-7H,5H2,1-4H3. The Kier molecular flexibility index (Phi) is 6.36. The molecule has 0 aromatic rings. The highest BCUT2D eigenvalue weighted by Gasteiger charge is 2.18. The quantitative estimate of drug-likeness (QED) is 0.649. The third-order valence-corrected chi connectivity index (χ3v) is 3.12. The fourth-order valence-electron chi connectivity index (χ4n) is 0.792. The van der Waals surface area contributed by atoms with Crippen LogP contribution in [0, 0.1) is 5.92 Å². The molecule has 4 nitrogen and oxygen atoms in total. The van der Waals surface area contributed by atoms with Gasteiger partial charge in [0.05, 0.1) is 25.4 Å². The number of ether oxygens (including phenoxy) is 2. The largest absolute Gasteiger partial charge is 0.469 e. The Labute approximate surface area is 88.3 Å². The molecule has 0 amide bonds. The Balaban J connectivity index is 3.82. The molecule has 0 fully saturated rings. The maximum absolute atomic E-state index is 11.0. The first kappa shape index (κ1) is 13.3. The molecule has 2 unspecified atom stereocenters. The Morgan fingerprint density at radius 2 is 1.64 bits per heavy atom. The summed E-state index contributed by atoms with van der Waals surface area (Å²) in [6.45, 7) is 3.52. The van der Waals surface area contributed by atoms with E-state index in [0.29, 0.717) is 5.75 Å². The number of rotatable bonds is 5. The van der Waals surface area contributed by atoms with Gasteiger partial charge in [-0.1, -0.05) is 6.92 Å². The molecule has 82 valence electrons. The minimum absolute atomic E-state index is 0.197. The van der Waals surface area contributed by atoms with Crippen molar-refractivity contribution >= 4 is 23.7 Å². The number of methoxy groups -OCH3 is 2. The molecule has 0 rings (SSSR count). The lowest BCUT2D eigenvalue weighted by Gasteiger charge is -2.11. The summed E-state index contributed by atoms with van der Waals surface area (Å²) < 4.78 is 9.12. The van der Waals surface area contributed by atoms with E-state index in [4.69, 9.17) is 0 Å². The van der Waals surface area contributed by atoms with Crippen molar-refractivity contribution in [3.05, 3.63) is 0 Å². The predicted octanol–water partition coefficient (Wildman–Crippen LogP) is 1.09. The second-order valence-electron chi connectivity index (χ2n) is 2.92. The molecule has 0 aromatic carbocycles. The molecule has 0 saturated carbocycles. The van der Waals surface area contributed by atoms with E-state index < -0.39 is 0 Å². The third-order valence-electron chi connectivity index (χ3n) is 1.73. The second-order valence-corrected chi connectivity index (χ2v) is 4.30. The predicted molar refractivity (Wildman–Crippen MR) is 55.1 cm³/mol. The Hall–Kier alpha value is -0.710. The molecule has 0 N–H and O–H groups in total. The smallest absolute Gasteiger partial charge is 0.318 e. The van der Waals surface area contributed by atoms with Crippen molar-refractivity contribution in [1.29, 1.82) is 0 Å². The first-order valence-electron chi connectivity index (χ1n) is 4.30. The van der Waals surface area contributed by atoms with Gasteiger partial charge in [-0.15, -0.1) is 11.8 Å². The van der Waals surface area contributed by atoms with Gasteiger partial charge in [-0.05, 0) is 6.92 Å². The summed E-state index contributed by atoms with van der Waals surface area (Å²) >= 11 is 1.39. The van der Waals surface area contributed by atoms with E-state index in [1.54, 1.807) is 13.8 Å². The molecule has 0 aromatic heterocycles. The van der Waals surface area contributed by atoms with Crippen molar-refractivity contribution in [2.45, 2.75) is 19.1 Å². The van der Waals surface area contributed by atoms with E-state index in [0.717, 1.165) is 0 Å². The van der Waals surface area contributed by atoms with Crippen molar-refractivity contribution in [2.75, 3.05) is 20.0 Å². The van der Waals surface area contributed by atoms with E-state index in [1.807, 2.05) is 0 Å². The molecule has 0 aliphatic rings. The van der Waals surface area contributed by atoms with Crippen LogP contribution in [0.2, 0.25) is 0 Å². The average molecular weight is 220 g/mol. The highest BCUT2D eigenvalue weighted by Crippen LogP contribution is 2.16. The SMILES string of the molecule is COC(=O)C(C)CSC(C)C(=O)OC. The number of hydrogen-bond donors (Lipinski definition) is 0. The number of carbonyl (C=O) groups excluding carboxylic acids is 2. The molecule has 0 saturated heterocycles. The van der Waals surface area contributed by atoms with Gasteiger partial charge >= 0.3 is 11.9 Å². The topological polar surface area (TPSA) is 52.6 Å². The minimum Gasteiger partial charge on any atom is -0.469 e. The molecular formula is C9H16O4S. The number of thioether (sulfide) groups is 1. The molecule has 0 radical (unpaired) electrons. The van der Waals surface area contributed by atoms with Crippen LogP contribution in [-0.2, 0) is 19.1 Å². The van der Waals surface area contributed by atoms with Crippen LogP contribution in [0.1, 0.15) is 13.8 Å². The summed E-state index contributed by atoms with van der Waals surface area (Å²) in [5.41, 5.74) is 0. The van der Waals surface area contributed by atoms with E-state index in [-0.39, 0.29) is 23.1 Å². The zero-order chi connectivity index (χ0) is 11.1. The third kappa shape index (κ3) is 4.50. The number of hydrogen-bond acceptors (Lipinski definition) is 5. The highest BCUT2D eigenvalue weighted by atomic mass is 32.2. The maximum Gasteiger partial charge on any atom is 0.318 e. The molecule has 2 atom stereocenters. The van der Waals surface area contributed by atoms with Gasteiger partial charge in [0.15, 0.2) is 0 Å².